The van der Waals surface area contributed by atoms with Gasteiger partial charge in [-0.2, -0.15) is 11.8 Å². The number of aromatic nitrogens is 1. The Morgan fingerprint density at radius 3 is 2.73 bits per heavy atom. The van der Waals surface area contributed by atoms with Crippen LogP contribution in [0.15, 0.2) is 5.38 Å². The predicted octanol–water partition coefficient (Wildman–Crippen LogP) is 3.24. The second-order valence-electron chi connectivity index (χ2n) is 4.36. The summed E-state index contributed by atoms with van der Waals surface area (Å²) < 4.78 is 0. The first kappa shape index (κ1) is 13.0. The van der Waals surface area contributed by atoms with Crippen molar-refractivity contribution in [3.05, 3.63) is 16.1 Å². The second kappa shape index (κ2) is 5.32. The maximum absolute atomic E-state index is 4.66. The summed E-state index contributed by atoms with van der Waals surface area (Å²) in [6, 6.07) is 0. The number of thiazole rings is 1. The molecule has 0 aliphatic carbocycles. The number of nitrogens with zero attached hydrogens (tertiary/aromatic N) is 1. The van der Waals surface area contributed by atoms with Crippen molar-refractivity contribution in [3.63, 3.8) is 0 Å². The largest absolute Gasteiger partial charge is 0.310 e. The molecule has 2 nitrogen and oxygen atoms in total. The summed E-state index contributed by atoms with van der Waals surface area (Å²) in [4.78, 5) is 4.66. The summed E-state index contributed by atoms with van der Waals surface area (Å²) in [7, 11) is 1.97. The van der Waals surface area contributed by atoms with Gasteiger partial charge < -0.3 is 5.32 Å². The summed E-state index contributed by atoms with van der Waals surface area (Å²) in [6.07, 6.45) is 0. The Bertz CT molecular complexity index is 305. The summed E-state index contributed by atoms with van der Waals surface area (Å²) in [5, 5.41) is 7.34. The molecule has 1 aromatic rings. The quantitative estimate of drug-likeness (QED) is 0.861. The zero-order chi connectivity index (χ0) is 11.5. The molecule has 0 aliphatic rings. The van der Waals surface area contributed by atoms with Crippen LogP contribution in [0.5, 0.6) is 0 Å². The lowest BCUT2D eigenvalue weighted by Gasteiger charge is -2.21. The van der Waals surface area contributed by atoms with E-state index in [4.69, 9.17) is 0 Å². The van der Waals surface area contributed by atoms with E-state index in [0.29, 0.717) is 5.25 Å². The van der Waals surface area contributed by atoms with E-state index in [1.54, 1.807) is 11.3 Å². The molecule has 0 atom stereocenters. The molecule has 0 radical (unpaired) electrons. The average molecular weight is 244 g/mol. The van der Waals surface area contributed by atoms with Crippen molar-refractivity contribution in [2.75, 3.05) is 7.05 Å². The van der Waals surface area contributed by atoms with E-state index >= 15 is 0 Å². The van der Waals surface area contributed by atoms with Gasteiger partial charge in [0, 0.05) is 11.1 Å². The van der Waals surface area contributed by atoms with Crippen LogP contribution in [-0.2, 0) is 11.3 Å². The molecule has 0 saturated heterocycles. The molecule has 15 heavy (non-hydrogen) atoms. The molecule has 86 valence electrons. The van der Waals surface area contributed by atoms with Gasteiger partial charge in [-0.25, -0.2) is 4.98 Å². The van der Waals surface area contributed by atoms with Gasteiger partial charge in [0.15, 0.2) is 0 Å². The van der Waals surface area contributed by atoms with E-state index in [0.717, 1.165) is 11.4 Å². The van der Waals surface area contributed by atoms with Crippen LogP contribution in [0.25, 0.3) is 0 Å². The van der Waals surface area contributed by atoms with E-state index in [1.807, 2.05) is 18.8 Å². The second-order valence-corrected chi connectivity index (χ2v) is 6.87. The smallest absolute Gasteiger partial charge is 0.103 e. The van der Waals surface area contributed by atoms with E-state index in [1.165, 1.54) is 5.01 Å². The first-order valence-corrected chi connectivity index (χ1v) is 7.14. The third-order valence-electron chi connectivity index (χ3n) is 2.36. The minimum absolute atomic E-state index is 0.0166. The Morgan fingerprint density at radius 1 is 1.53 bits per heavy atom. The van der Waals surface area contributed by atoms with E-state index < -0.39 is 0 Å². The predicted molar refractivity (Wildman–Crippen MR) is 70.6 cm³/mol. The van der Waals surface area contributed by atoms with Crippen molar-refractivity contribution < 1.29 is 0 Å². The van der Waals surface area contributed by atoms with Crippen LogP contribution in [0.1, 0.15) is 38.4 Å². The lowest BCUT2D eigenvalue weighted by atomic mass is 10.0. The fourth-order valence-electron chi connectivity index (χ4n) is 1.03. The van der Waals surface area contributed by atoms with Gasteiger partial charge in [-0.05, 0) is 26.1 Å². The Balaban J connectivity index is 2.64. The molecular formula is C11H20N2S2. The molecule has 0 aromatic carbocycles. The first-order chi connectivity index (χ1) is 6.95. The SMILES string of the molecule is CNC(C)(C)c1csc(CSC(C)C)n1. The van der Waals surface area contributed by atoms with E-state index in [9.17, 15) is 0 Å². The standard InChI is InChI=1S/C11H20N2S2/c1-8(2)14-7-10-13-9(6-15-10)11(3,4)12-5/h6,8,12H,7H2,1-5H3. The molecule has 0 amide bonds. The minimum atomic E-state index is -0.0166. The highest BCUT2D eigenvalue weighted by Crippen LogP contribution is 2.25. The lowest BCUT2D eigenvalue weighted by molar-refractivity contribution is 0.433. The molecule has 1 heterocycles. The summed E-state index contributed by atoms with van der Waals surface area (Å²) in [6.45, 7) is 8.75. The number of hydrogen-bond acceptors (Lipinski definition) is 4. The van der Waals surface area contributed by atoms with Crippen molar-refractivity contribution in [1.82, 2.24) is 10.3 Å². The van der Waals surface area contributed by atoms with E-state index in [-0.39, 0.29) is 5.54 Å². The average Bonchev–Trinajstić information content (AvgIpc) is 2.63. The van der Waals surface area contributed by atoms with E-state index in [2.05, 4.69) is 43.4 Å². The summed E-state index contributed by atoms with van der Waals surface area (Å²) in [5.74, 6) is 1.03. The molecule has 1 aromatic heterocycles. The molecule has 0 unspecified atom stereocenters. The van der Waals surface area contributed by atoms with Crippen molar-refractivity contribution in [1.29, 1.82) is 0 Å². The highest BCUT2D eigenvalue weighted by atomic mass is 32.2. The number of nitrogens with one attached hydrogen (secondary N) is 1. The van der Waals surface area contributed by atoms with Crippen LogP contribution >= 0.6 is 23.1 Å². The highest BCUT2D eigenvalue weighted by Gasteiger charge is 2.20. The summed E-state index contributed by atoms with van der Waals surface area (Å²) >= 11 is 3.71. The molecule has 1 rings (SSSR count). The zero-order valence-corrected chi connectivity index (χ0v) is 11.8. The highest BCUT2D eigenvalue weighted by molar-refractivity contribution is 7.99. The number of rotatable bonds is 5. The maximum atomic E-state index is 4.66. The van der Waals surface area contributed by atoms with Crippen LogP contribution in [0, 0.1) is 0 Å². The fraction of sp³-hybridized carbons (Fsp3) is 0.727. The monoisotopic (exact) mass is 244 g/mol. The molecule has 0 saturated carbocycles. The molecular weight excluding hydrogens is 224 g/mol. The van der Waals surface area contributed by atoms with Gasteiger partial charge >= 0.3 is 0 Å². The van der Waals surface area contributed by atoms with Crippen LogP contribution in [0.3, 0.4) is 0 Å². The third kappa shape index (κ3) is 3.78. The van der Waals surface area contributed by atoms with Crippen LogP contribution < -0.4 is 5.32 Å². The van der Waals surface area contributed by atoms with Gasteiger partial charge in [-0.15, -0.1) is 11.3 Å². The molecule has 4 heteroatoms. The molecule has 0 aliphatic heterocycles. The van der Waals surface area contributed by atoms with Gasteiger partial charge in [0.1, 0.15) is 5.01 Å². The molecule has 0 bridgehead atoms. The van der Waals surface area contributed by atoms with Crippen LogP contribution in [0.4, 0.5) is 0 Å². The van der Waals surface area contributed by atoms with Crippen molar-refractivity contribution >= 4 is 23.1 Å². The normalized spacial score (nSPS) is 12.4. The summed E-state index contributed by atoms with van der Waals surface area (Å²) in [5.41, 5.74) is 1.13. The topological polar surface area (TPSA) is 24.9 Å². The molecule has 0 spiro atoms. The van der Waals surface area contributed by atoms with Crippen molar-refractivity contribution in [3.8, 4) is 0 Å². The Kier molecular flexibility index (Phi) is 4.62. The van der Waals surface area contributed by atoms with Crippen molar-refractivity contribution in [2.24, 2.45) is 0 Å². The maximum Gasteiger partial charge on any atom is 0.103 e. The molecule has 0 fully saturated rings. The fourth-order valence-corrected chi connectivity index (χ4v) is 2.79. The molecule has 1 N–H and O–H groups in total. The van der Waals surface area contributed by atoms with Gasteiger partial charge in [-0.1, -0.05) is 13.8 Å². The Labute approximate surface area is 101 Å². The van der Waals surface area contributed by atoms with Gasteiger partial charge in [-0.3, -0.25) is 0 Å². The van der Waals surface area contributed by atoms with Gasteiger partial charge in [0.05, 0.1) is 11.2 Å². The number of thioether (sulfide) groups is 1. The number of hydrogen-bond donors (Lipinski definition) is 1. The van der Waals surface area contributed by atoms with Gasteiger partial charge in [0.2, 0.25) is 0 Å². The zero-order valence-electron chi connectivity index (χ0n) is 10.1. The van der Waals surface area contributed by atoms with Gasteiger partial charge in [0.25, 0.3) is 0 Å². The Morgan fingerprint density at radius 2 is 2.20 bits per heavy atom. The van der Waals surface area contributed by atoms with Crippen LogP contribution in [0.2, 0.25) is 0 Å². The Hall–Kier alpha value is -0.0600. The minimum Gasteiger partial charge on any atom is -0.310 e. The first-order valence-electron chi connectivity index (χ1n) is 5.21. The third-order valence-corrected chi connectivity index (χ3v) is 4.50. The van der Waals surface area contributed by atoms with Crippen molar-refractivity contribution in [2.45, 2.75) is 44.2 Å². The lowest BCUT2D eigenvalue weighted by Crippen LogP contribution is -2.33. The van der Waals surface area contributed by atoms with Crippen LogP contribution in [-0.4, -0.2) is 17.3 Å².